The monoisotopic (exact) mass is 419 g/mol. The third-order valence-electron chi connectivity index (χ3n) is 5.90. The number of hydrogen-bond donors (Lipinski definition) is 0. The third kappa shape index (κ3) is 3.75. The van der Waals surface area contributed by atoms with Crippen molar-refractivity contribution in [2.75, 3.05) is 13.1 Å². The van der Waals surface area contributed by atoms with Gasteiger partial charge in [0.25, 0.3) is 5.56 Å². The first-order valence-corrected chi connectivity index (χ1v) is 12.3. The van der Waals surface area contributed by atoms with E-state index in [4.69, 9.17) is 4.98 Å². The van der Waals surface area contributed by atoms with E-state index in [1.165, 1.54) is 41.5 Å². The number of nitrogens with zero attached hydrogens (tertiary/aromatic N) is 3. The van der Waals surface area contributed by atoms with Crippen molar-refractivity contribution in [2.24, 2.45) is 0 Å². The van der Waals surface area contributed by atoms with Crippen LogP contribution in [0.5, 0.6) is 0 Å². The van der Waals surface area contributed by atoms with Gasteiger partial charge in [-0.3, -0.25) is 14.2 Å². The number of thiophene rings is 1. The minimum absolute atomic E-state index is 0.0730. The maximum atomic E-state index is 13.2. The van der Waals surface area contributed by atoms with E-state index in [1.54, 1.807) is 15.9 Å². The number of hydrogen-bond acceptors (Lipinski definition) is 5. The molecule has 7 heteroatoms. The smallest absolute Gasteiger partial charge is 0.263 e. The van der Waals surface area contributed by atoms with Gasteiger partial charge in [0.15, 0.2) is 5.16 Å². The zero-order chi connectivity index (χ0) is 19.7. The number of carbonyl (C=O) groups excluding carboxylic acids is 1. The molecule has 28 heavy (non-hydrogen) atoms. The molecular formula is C21H29N3O2S2. The Kier molecular flexibility index (Phi) is 6.11. The van der Waals surface area contributed by atoms with Crippen molar-refractivity contribution in [3.05, 3.63) is 20.8 Å². The topological polar surface area (TPSA) is 55.2 Å². The normalized spacial score (nSPS) is 18.7. The number of amides is 1. The molecule has 1 amide bonds. The molecule has 1 fully saturated rings. The summed E-state index contributed by atoms with van der Waals surface area (Å²) in [5.41, 5.74) is 1.31. The standard InChI is InChI=1S/C21H29N3O2S2/c1-3-24-20(26)17-15-10-6-7-11-16(15)28-18(17)22-21(24)27-14(2)19(25)23-12-8-4-5-9-13-23/h14H,3-13H2,1-2H3. The Morgan fingerprint density at radius 3 is 2.57 bits per heavy atom. The van der Waals surface area contributed by atoms with Crippen LogP contribution >= 0.6 is 23.1 Å². The lowest BCUT2D eigenvalue weighted by Gasteiger charge is -2.24. The maximum absolute atomic E-state index is 13.2. The minimum atomic E-state index is -0.227. The number of rotatable bonds is 4. The lowest BCUT2D eigenvalue weighted by molar-refractivity contribution is -0.130. The molecule has 2 aromatic rings. The number of aromatic nitrogens is 2. The predicted octanol–water partition coefficient (Wildman–Crippen LogP) is 4.24. The number of likely N-dealkylation sites (tertiary alicyclic amines) is 1. The molecule has 4 rings (SSSR count). The number of thioether (sulfide) groups is 1. The summed E-state index contributed by atoms with van der Waals surface area (Å²) in [7, 11) is 0. The van der Waals surface area contributed by atoms with Gasteiger partial charge in [0.05, 0.1) is 10.6 Å². The van der Waals surface area contributed by atoms with E-state index in [1.807, 2.05) is 18.7 Å². The SMILES string of the molecule is CCn1c(SC(C)C(=O)N2CCCCCC2)nc2sc3c(c2c1=O)CCCC3. The van der Waals surface area contributed by atoms with Crippen LogP contribution < -0.4 is 5.56 Å². The average Bonchev–Trinajstić information content (AvgIpc) is 2.86. The Morgan fingerprint density at radius 1 is 1.14 bits per heavy atom. The summed E-state index contributed by atoms with van der Waals surface area (Å²) in [4.78, 5) is 35.3. The highest BCUT2D eigenvalue weighted by Crippen LogP contribution is 2.35. The van der Waals surface area contributed by atoms with Crippen LogP contribution in [-0.4, -0.2) is 38.7 Å². The van der Waals surface area contributed by atoms with Crippen LogP contribution in [0.15, 0.2) is 9.95 Å². The quantitative estimate of drug-likeness (QED) is 0.549. The molecule has 1 unspecified atom stereocenters. The molecule has 1 saturated heterocycles. The number of carbonyl (C=O) groups is 1. The van der Waals surface area contributed by atoms with Crippen LogP contribution in [0.2, 0.25) is 0 Å². The molecule has 3 heterocycles. The Balaban J connectivity index is 1.64. The van der Waals surface area contributed by atoms with E-state index in [9.17, 15) is 9.59 Å². The molecule has 0 aromatic carbocycles. The summed E-state index contributed by atoms with van der Waals surface area (Å²) in [6.07, 6.45) is 9.01. The van der Waals surface area contributed by atoms with E-state index in [0.717, 1.165) is 55.4 Å². The summed E-state index contributed by atoms with van der Waals surface area (Å²) in [6, 6.07) is 0. The fourth-order valence-corrected chi connectivity index (χ4v) is 6.70. The van der Waals surface area contributed by atoms with Crippen LogP contribution in [0.3, 0.4) is 0 Å². The van der Waals surface area contributed by atoms with Crippen LogP contribution in [0.25, 0.3) is 10.2 Å². The highest BCUT2D eigenvalue weighted by atomic mass is 32.2. The molecule has 0 N–H and O–H groups in total. The van der Waals surface area contributed by atoms with Crippen LogP contribution in [0, 0.1) is 0 Å². The molecule has 2 aliphatic rings. The van der Waals surface area contributed by atoms with E-state index in [-0.39, 0.29) is 16.7 Å². The zero-order valence-electron chi connectivity index (χ0n) is 16.8. The molecule has 0 bridgehead atoms. The minimum Gasteiger partial charge on any atom is -0.342 e. The first-order valence-electron chi connectivity index (χ1n) is 10.6. The lowest BCUT2D eigenvalue weighted by Crippen LogP contribution is -2.37. The fourth-order valence-electron chi connectivity index (χ4n) is 4.35. The average molecular weight is 420 g/mol. The van der Waals surface area contributed by atoms with Gasteiger partial charge < -0.3 is 4.90 Å². The van der Waals surface area contributed by atoms with Crippen molar-refractivity contribution in [3.63, 3.8) is 0 Å². The second kappa shape index (κ2) is 8.57. The Labute approximate surface area is 174 Å². The second-order valence-corrected chi connectivity index (χ2v) is 10.2. The second-order valence-electron chi connectivity index (χ2n) is 7.83. The van der Waals surface area contributed by atoms with Crippen molar-refractivity contribution in [1.82, 2.24) is 14.5 Å². The van der Waals surface area contributed by atoms with Crippen LogP contribution in [0.1, 0.15) is 62.8 Å². The van der Waals surface area contributed by atoms with Crippen LogP contribution in [0.4, 0.5) is 0 Å². The molecule has 152 valence electrons. The van der Waals surface area contributed by atoms with Crippen molar-refractivity contribution in [2.45, 2.75) is 82.2 Å². The van der Waals surface area contributed by atoms with Gasteiger partial charge in [0, 0.05) is 24.5 Å². The Bertz CT molecular complexity index is 926. The van der Waals surface area contributed by atoms with Gasteiger partial charge in [0.1, 0.15) is 4.83 Å². The van der Waals surface area contributed by atoms with E-state index in [2.05, 4.69) is 0 Å². The third-order valence-corrected chi connectivity index (χ3v) is 8.17. The lowest BCUT2D eigenvalue weighted by atomic mass is 9.97. The van der Waals surface area contributed by atoms with Crippen LogP contribution in [-0.2, 0) is 24.2 Å². The van der Waals surface area contributed by atoms with Gasteiger partial charge in [0.2, 0.25) is 5.91 Å². The first kappa shape index (κ1) is 20.0. The molecule has 1 aliphatic heterocycles. The van der Waals surface area contributed by atoms with Gasteiger partial charge in [-0.15, -0.1) is 11.3 Å². The predicted molar refractivity (Wildman–Crippen MR) is 117 cm³/mol. The summed E-state index contributed by atoms with van der Waals surface area (Å²) in [6.45, 7) is 6.23. The Morgan fingerprint density at radius 2 is 1.86 bits per heavy atom. The molecule has 1 atom stereocenters. The van der Waals surface area contributed by atoms with Crippen molar-refractivity contribution < 1.29 is 4.79 Å². The van der Waals surface area contributed by atoms with Gasteiger partial charge in [-0.1, -0.05) is 24.6 Å². The molecule has 1 aliphatic carbocycles. The molecule has 0 radical (unpaired) electrons. The van der Waals surface area contributed by atoms with Crippen molar-refractivity contribution in [1.29, 1.82) is 0 Å². The molecule has 0 saturated carbocycles. The van der Waals surface area contributed by atoms with Gasteiger partial charge >= 0.3 is 0 Å². The van der Waals surface area contributed by atoms with E-state index >= 15 is 0 Å². The van der Waals surface area contributed by atoms with E-state index < -0.39 is 0 Å². The summed E-state index contributed by atoms with van der Waals surface area (Å²) in [5.74, 6) is 0.175. The van der Waals surface area contributed by atoms with E-state index in [0.29, 0.717) is 11.7 Å². The maximum Gasteiger partial charge on any atom is 0.263 e. The highest BCUT2D eigenvalue weighted by Gasteiger charge is 2.26. The molecule has 2 aromatic heterocycles. The molecule has 5 nitrogen and oxygen atoms in total. The van der Waals surface area contributed by atoms with Gasteiger partial charge in [-0.05, 0) is 57.9 Å². The largest absolute Gasteiger partial charge is 0.342 e. The molecular weight excluding hydrogens is 390 g/mol. The fraction of sp³-hybridized carbons (Fsp3) is 0.667. The highest BCUT2D eigenvalue weighted by molar-refractivity contribution is 8.00. The molecule has 0 spiro atoms. The number of fused-ring (bicyclic) bond motifs is 3. The summed E-state index contributed by atoms with van der Waals surface area (Å²) in [5, 5.41) is 1.29. The Hall–Kier alpha value is -1.34. The van der Waals surface area contributed by atoms with Gasteiger partial charge in [-0.25, -0.2) is 4.98 Å². The summed E-state index contributed by atoms with van der Waals surface area (Å²) >= 11 is 3.13. The number of aryl methyl sites for hydroxylation is 2. The van der Waals surface area contributed by atoms with Crippen molar-refractivity contribution >= 4 is 39.2 Å². The summed E-state index contributed by atoms with van der Waals surface area (Å²) < 4.78 is 1.76. The zero-order valence-corrected chi connectivity index (χ0v) is 18.5. The first-order chi connectivity index (χ1) is 13.6. The van der Waals surface area contributed by atoms with Gasteiger partial charge in [-0.2, -0.15) is 0 Å². The van der Waals surface area contributed by atoms with Crippen molar-refractivity contribution in [3.8, 4) is 0 Å².